The van der Waals surface area contributed by atoms with Gasteiger partial charge in [-0.3, -0.25) is 0 Å². The lowest BCUT2D eigenvalue weighted by atomic mass is 9.97. The first-order valence-electron chi connectivity index (χ1n) is 17.6. The highest BCUT2D eigenvalue weighted by Gasteiger charge is 2.18. The Morgan fingerprint density at radius 3 is 1.55 bits per heavy atom. The molecule has 0 spiro atoms. The molecule has 5 nitrogen and oxygen atoms in total. The smallest absolute Gasteiger partial charge is 0.227 e. The molecule has 10 rings (SSSR count). The van der Waals surface area contributed by atoms with Crippen LogP contribution in [-0.4, -0.2) is 19.9 Å². The first-order valence-corrected chi connectivity index (χ1v) is 17.6. The summed E-state index contributed by atoms with van der Waals surface area (Å²) in [6.45, 7) is 0. The van der Waals surface area contributed by atoms with Crippen LogP contribution >= 0.6 is 0 Å². The van der Waals surface area contributed by atoms with Crippen LogP contribution in [0.5, 0.6) is 0 Å². The Morgan fingerprint density at radius 2 is 0.887 bits per heavy atom. The third kappa shape index (κ3) is 5.61. The molecule has 0 aliphatic heterocycles. The van der Waals surface area contributed by atoms with Crippen LogP contribution in [-0.2, 0) is 0 Å². The topological polar surface area (TPSA) is 64.7 Å². The summed E-state index contributed by atoms with van der Waals surface area (Å²) in [5, 5.41) is 3.09. The van der Waals surface area contributed by atoms with Gasteiger partial charge >= 0.3 is 0 Å². The number of hydrogen-bond donors (Lipinski definition) is 0. The number of para-hydroxylation sites is 1. The van der Waals surface area contributed by atoms with Gasteiger partial charge in [0, 0.05) is 44.0 Å². The molecule has 53 heavy (non-hydrogen) atoms. The van der Waals surface area contributed by atoms with E-state index in [1.54, 1.807) is 0 Å². The van der Waals surface area contributed by atoms with Crippen LogP contribution in [0.1, 0.15) is 0 Å². The molecule has 0 unspecified atom stereocenters. The summed E-state index contributed by atoms with van der Waals surface area (Å²) in [7, 11) is 0. The second-order valence-electron chi connectivity index (χ2n) is 13.0. The Labute approximate surface area is 305 Å². The van der Waals surface area contributed by atoms with E-state index in [-0.39, 0.29) is 0 Å². The number of fused-ring (bicyclic) bond motifs is 5. The second kappa shape index (κ2) is 12.8. The lowest BCUT2D eigenvalue weighted by Crippen LogP contribution is -1.96. The Hall–Kier alpha value is -7.24. The van der Waals surface area contributed by atoms with Gasteiger partial charge < -0.3 is 4.42 Å². The fourth-order valence-corrected chi connectivity index (χ4v) is 7.07. The highest BCUT2D eigenvalue weighted by Crippen LogP contribution is 2.39. The van der Waals surface area contributed by atoms with Crippen molar-refractivity contribution in [1.29, 1.82) is 0 Å². The van der Waals surface area contributed by atoms with E-state index in [0.717, 1.165) is 77.7 Å². The van der Waals surface area contributed by atoms with Gasteiger partial charge in [-0.15, -0.1) is 0 Å². The van der Waals surface area contributed by atoms with Gasteiger partial charge in [0.1, 0.15) is 5.52 Å². The van der Waals surface area contributed by atoms with Crippen LogP contribution in [0.4, 0.5) is 0 Å². The second-order valence-corrected chi connectivity index (χ2v) is 13.0. The minimum atomic E-state index is 0.603. The van der Waals surface area contributed by atoms with Gasteiger partial charge in [0.2, 0.25) is 5.89 Å². The summed E-state index contributed by atoms with van der Waals surface area (Å²) in [6, 6.07) is 62.1. The molecule has 0 N–H and O–H groups in total. The number of rotatable bonds is 6. The number of aromatic nitrogens is 4. The minimum Gasteiger partial charge on any atom is -0.436 e. The predicted octanol–water partition coefficient (Wildman–Crippen LogP) is 12.3. The molecular formula is C48H30N4O. The van der Waals surface area contributed by atoms with Gasteiger partial charge in [-0.05, 0) is 47.5 Å². The lowest BCUT2D eigenvalue weighted by molar-refractivity contribution is 0.620. The van der Waals surface area contributed by atoms with Gasteiger partial charge in [0.25, 0.3) is 0 Å². The molecule has 3 heterocycles. The van der Waals surface area contributed by atoms with Crippen molar-refractivity contribution in [1.82, 2.24) is 19.9 Å². The molecule has 0 atom stereocenters. The number of pyridine rings is 1. The van der Waals surface area contributed by atoms with Crippen molar-refractivity contribution in [2.75, 3.05) is 0 Å². The summed E-state index contributed by atoms with van der Waals surface area (Å²) in [5.74, 6) is 1.29. The van der Waals surface area contributed by atoms with Crippen molar-refractivity contribution < 1.29 is 4.42 Å². The van der Waals surface area contributed by atoms with E-state index in [1.807, 2.05) is 72.8 Å². The van der Waals surface area contributed by atoms with Crippen LogP contribution in [0.25, 0.3) is 101 Å². The van der Waals surface area contributed by atoms with Crippen molar-refractivity contribution in [3.63, 3.8) is 0 Å². The van der Waals surface area contributed by atoms with Crippen LogP contribution in [0.15, 0.2) is 186 Å². The summed E-state index contributed by atoms with van der Waals surface area (Å²) in [5.41, 5.74) is 12.4. The zero-order valence-corrected chi connectivity index (χ0v) is 28.5. The summed E-state index contributed by atoms with van der Waals surface area (Å²) < 4.78 is 6.29. The molecule has 0 aliphatic carbocycles. The van der Waals surface area contributed by atoms with Crippen LogP contribution in [0, 0.1) is 0 Å². The zero-order valence-electron chi connectivity index (χ0n) is 28.5. The molecule has 0 bridgehead atoms. The third-order valence-corrected chi connectivity index (χ3v) is 9.74. The molecule has 0 saturated heterocycles. The van der Waals surface area contributed by atoms with E-state index in [4.69, 9.17) is 24.4 Å². The molecule has 10 aromatic rings. The van der Waals surface area contributed by atoms with E-state index in [9.17, 15) is 0 Å². The maximum absolute atomic E-state index is 6.29. The van der Waals surface area contributed by atoms with E-state index >= 15 is 0 Å². The van der Waals surface area contributed by atoms with E-state index < -0.39 is 0 Å². The molecular weight excluding hydrogens is 649 g/mol. The van der Waals surface area contributed by atoms with Gasteiger partial charge in [-0.2, -0.15) is 0 Å². The van der Waals surface area contributed by atoms with Gasteiger partial charge in [0.05, 0.1) is 22.6 Å². The molecule has 248 valence electrons. The van der Waals surface area contributed by atoms with E-state index in [1.165, 1.54) is 11.1 Å². The Morgan fingerprint density at radius 1 is 0.358 bits per heavy atom. The van der Waals surface area contributed by atoms with Crippen molar-refractivity contribution in [3.05, 3.63) is 182 Å². The largest absolute Gasteiger partial charge is 0.436 e. The van der Waals surface area contributed by atoms with Crippen molar-refractivity contribution >= 4 is 32.8 Å². The van der Waals surface area contributed by atoms with Crippen LogP contribution < -0.4 is 0 Å². The quantitative estimate of drug-likeness (QED) is 0.164. The Balaban J connectivity index is 1.08. The number of benzene rings is 7. The van der Waals surface area contributed by atoms with Crippen molar-refractivity contribution in [2.24, 2.45) is 0 Å². The zero-order chi connectivity index (χ0) is 35.1. The Bertz CT molecular complexity index is 2900. The van der Waals surface area contributed by atoms with Gasteiger partial charge in [-0.1, -0.05) is 146 Å². The van der Waals surface area contributed by atoms with E-state index in [0.29, 0.717) is 11.7 Å². The SMILES string of the molecule is c1ccc(-c2ccc(-c3cc(-c4ccc(-c5nc6ccccc6c6c5ccc5oc(-c7ccccc7)nc56)cc4)nc(-c4ccccc4)n3)cc2)cc1. The maximum atomic E-state index is 6.29. The standard InChI is InChI=1S/C48H30N4O/c1-4-12-31(13-5-1)32-20-22-33(23-21-32)41-30-42(51-47(50-41)36-14-6-2-7-15-36)34-24-26-35(27-25-34)45-39-28-29-43-46(44(39)38-18-10-11-19-40(38)49-45)52-48(53-43)37-16-8-3-9-17-37/h1-30H. The van der Waals surface area contributed by atoms with Crippen molar-refractivity contribution in [3.8, 4) is 67.7 Å². The first-order chi connectivity index (χ1) is 26.2. The molecule has 0 fully saturated rings. The third-order valence-electron chi connectivity index (χ3n) is 9.74. The molecule has 3 aromatic heterocycles. The fourth-order valence-electron chi connectivity index (χ4n) is 7.07. The molecule has 0 saturated carbocycles. The molecule has 5 heteroatoms. The lowest BCUT2D eigenvalue weighted by Gasteiger charge is -2.12. The number of oxazole rings is 1. The average Bonchev–Trinajstić information content (AvgIpc) is 3.69. The highest BCUT2D eigenvalue weighted by molar-refractivity contribution is 6.20. The van der Waals surface area contributed by atoms with Gasteiger partial charge in [-0.25, -0.2) is 19.9 Å². The summed E-state index contributed by atoms with van der Waals surface area (Å²) >= 11 is 0. The summed E-state index contributed by atoms with van der Waals surface area (Å²) in [4.78, 5) is 20.3. The first kappa shape index (κ1) is 30.6. The maximum Gasteiger partial charge on any atom is 0.227 e. The van der Waals surface area contributed by atoms with Crippen molar-refractivity contribution in [2.45, 2.75) is 0 Å². The number of hydrogen-bond acceptors (Lipinski definition) is 5. The Kier molecular flexibility index (Phi) is 7.40. The van der Waals surface area contributed by atoms with Gasteiger partial charge in [0.15, 0.2) is 11.4 Å². The fraction of sp³-hybridized carbons (Fsp3) is 0. The highest BCUT2D eigenvalue weighted by atomic mass is 16.3. The average molecular weight is 679 g/mol. The molecule has 7 aromatic carbocycles. The monoisotopic (exact) mass is 678 g/mol. The normalized spacial score (nSPS) is 11.4. The molecule has 0 radical (unpaired) electrons. The van der Waals surface area contributed by atoms with Crippen LogP contribution in [0.2, 0.25) is 0 Å². The van der Waals surface area contributed by atoms with Crippen LogP contribution in [0.3, 0.4) is 0 Å². The molecule has 0 aliphatic rings. The molecule has 0 amide bonds. The summed E-state index contributed by atoms with van der Waals surface area (Å²) in [6.07, 6.45) is 0. The predicted molar refractivity (Wildman–Crippen MR) is 215 cm³/mol. The van der Waals surface area contributed by atoms with E-state index in [2.05, 4.69) is 109 Å². The minimum absolute atomic E-state index is 0.603. The number of nitrogens with zero attached hydrogens (tertiary/aromatic N) is 4.